The largest absolute Gasteiger partial charge is 0.493 e. The van der Waals surface area contributed by atoms with Gasteiger partial charge < -0.3 is 14.8 Å². The molecule has 0 aliphatic heterocycles. The van der Waals surface area contributed by atoms with E-state index in [1.807, 2.05) is 13.8 Å². The molecule has 0 aliphatic rings. The standard InChI is InChI=1S/C18H27N3O5/c1-10(2)16(19-12(5)22)18(24)21-20-17(23)13-7-8-14(26-11(3)4)15(9-13)25-6/h7-11,16H,1-6H3,(H,19,22)(H,20,23)(H,21,24)/t16-/m0/s1. The quantitative estimate of drug-likeness (QED) is 0.634. The molecule has 0 aliphatic carbocycles. The molecule has 0 saturated carbocycles. The summed E-state index contributed by atoms with van der Waals surface area (Å²) < 4.78 is 10.8. The molecule has 1 aromatic rings. The molecular weight excluding hydrogens is 338 g/mol. The molecule has 3 N–H and O–H groups in total. The highest BCUT2D eigenvalue weighted by Crippen LogP contribution is 2.28. The van der Waals surface area contributed by atoms with Crippen LogP contribution in [0.1, 0.15) is 45.0 Å². The van der Waals surface area contributed by atoms with Crippen LogP contribution in [0.15, 0.2) is 18.2 Å². The molecule has 8 heteroatoms. The molecule has 0 bridgehead atoms. The lowest BCUT2D eigenvalue weighted by atomic mass is 10.0. The van der Waals surface area contributed by atoms with Gasteiger partial charge in [0.2, 0.25) is 5.91 Å². The van der Waals surface area contributed by atoms with Crippen molar-refractivity contribution in [1.82, 2.24) is 16.2 Å². The smallest absolute Gasteiger partial charge is 0.269 e. The van der Waals surface area contributed by atoms with Crippen LogP contribution in [0.5, 0.6) is 11.5 Å². The predicted octanol–water partition coefficient (Wildman–Crippen LogP) is 1.40. The molecule has 0 heterocycles. The number of ether oxygens (including phenoxy) is 2. The lowest BCUT2D eigenvalue weighted by molar-refractivity contribution is -0.129. The number of amides is 3. The van der Waals surface area contributed by atoms with Crippen molar-refractivity contribution in [2.75, 3.05) is 7.11 Å². The van der Waals surface area contributed by atoms with Crippen molar-refractivity contribution in [1.29, 1.82) is 0 Å². The van der Waals surface area contributed by atoms with Crippen molar-refractivity contribution in [2.45, 2.75) is 46.8 Å². The summed E-state index contributed by atoms with van der Waals surface area (Å²) in [5.74, 6) is -0.544. The number of hydrogen-bond acceptors (Lipinski definition) is 5. The van der Waals surface area contributed by atoms with E-state index < -0.39 is 17.9 Å². The van der Waals surface area contributed by atoms with E-state index in [2.05, 4.69) is 16.2 Å². The van der Waals surface area contributed by atoms with Gasteiger partial charge in [-0.1, -0.05) is 13.8 Å². The average Bonchev–Trinajstić information content (AvgIpc) is 2.56. The molecule has 26 heavy (non-hydrogen) atoms. The van der Waals surface area contributed by atoms with Crippen molar-refractivity contribution < 1.29 is 23.9 Å². The molecule has 0 fully saturated rings. The predicted molar refractivity (Wildman–Crippen MR) is 96.8 cm³/mol. The zero-order valence-corrected chi connectivity index (χ0v) is 16.0. The van der Waals surface area contributed by atoms with E-state index in [1.54, 1.807) is 26.0 Å². The summed E-state index contributed by atoms with van der Waals surface area (Å²) in [5, 5.41) is 2.55. The van der Waals surface area contributed by atoms with Gasteiger partial charge in [-0.15, -0.1) is 0 Å². The second-order valence-corrected chi connectivity index (χ2v) is 6.40. The van der Waals surface area contributed by atoms with Crippen LogP contribution in [-0.2, 0) is 9.59 Å². The van der Waals surface area contributed by atoms with Crippen molar-refractivity contribution in [3.05, 3.63) is 23.8 Å². The second kappa shape index (κ2) is 9.65. The molecule has 1 rings (SSSR count). The first kappa shape index (κ1) is 21.3. The molecule has 0 spiro atoms. The van der Waals surface area contributed by atoms with Crippen LogP contribution in [0.25, 0.3) is 0 Å². The molecule has 1 atom stereocenters. The fourth-order valence-corrected chi connectivity index (χ4v) is 2.18. The molecule has 8 nitrogen and oxygen atoms in total. The third-order valence-electron chi connectivity index (χ3n) is 3.40. The SMILES string of the molecule is COc1cc(C(=O)NNC(=O)[C@@H](NC(C)=O)C(C)C)ccc1OC(C)C. The van der Waals surface area contributed by atoms with Crippen molar-refractivity contribution in [3.63, 3.8) is 0 Å². The Bertz CT molecular complexity index is 658. The molecule has 0 radical (unpaired) electrons. The Balaban J connectivity index is 2.78. The molecule has 3 amide bonds. The van der Waals surface area contributed by atoms with Gasteiger partial charge in [0, 0.05) is 12.5 Å². The molecule has 144 valence electrons. The lowest BCUT2D eigenvalue weighted by Crippen LogP contribution is -2.54. The van der Waals surface area contributed by atoms with E-state index in [0.717, 1.165) is 0 Å². The minimum absolute atomic E-state index is 0.0374. The van der Waals surface area contributed by atoms with E-state index in [1.165, 1.54) is 20.1 Å². The monoisotopic (exact) mass is 365 g/mol. The maximum atomic E-state index is 12.3. The Hall–Kier alpha value is -2.77. The van der Waals surface area contributed by atoms with Crippen LogP contribution in [-0.4, -0.2) is 37.0 Å². The highest BCUT2D eigenvalue weighted by atomic mass is 16.5. The van der Waals surface area contributed by atoms with E-state index in [9.17, 15) is 14.4 Å². The average molecular weight is 365 g/mol. The first-order valence-electron chi connectivity index (χ1n) is 8.37. The van der Waals surface area contributed by atoms with Crippen LogP contribution >= 0.6 is 0 Å². The number of nitrogens with one attached hydrogen (secondary N) is 3. The number of hydrazine groups is 1. The van der Waals surface area contributed by atoms with Gasteiger partial charge in [0.05, 0.1) is 13.2 Å². The van der Waals surface area contributed by atoms with Gasteiger partial charge in [-0.2, -0.15) is 0 Å². The molecule has 1 aromatic carbocycles. The van der Waals surface area contributed by atoms with Crippen LogP contribution in [0.2, 0.25) is 0 Å². The van der Waals surface area contributed by atoms with Gasteiger partial charge in [0.15, 0.2) is 11.5 Å². The van der Waals surface area contributed by atoms with E-state index in [4.69, 9.17) is 9.47 Å². The summed E-state index contributed by atoms with van der Waals surface area (Å²) in [6, 6.07) is 3.97. The highest BCUT2D eigenvalue weighted by molar-refractivity contribution is 5.96. The van der Waals surface area contributed by atoms with Crippen LogP contribution in [0.3, 0.4) is 0 Å². The van der Waals surface area contributed by atoms with Crippen molar-refractivity contribution in [2.24, 2.45) is 5.92 Å². The molecular formula is C18H27N3O5. The van der Waals surface area contributed by atoms with E-state index in [-0.39, 0.29) is 17.9 Å². The maximum absolute atomic E-state index is 12.3. The molecule has 0 unspecified atom stereocenters. The minimum atomic E-state index is -0.746. The number of rotatable bonds is 7. The number of methoxy groups -OCH3 is 1. The summed E-state index contributed by atoms with van der Waals surface area (Å²) in [4.78, 5) is 35.6. The summed E-state index contributed by atoms with van der Waals surface area (Å²) >= 11 is 0. The zero-order chi connectivity index (χ0) is 19.9. The summed E-state index contributed by atoms with van der Waals surface area (Å²) in [7, 11) is 1.48. The third-order valence-corrected chi connectivity index (χ3v) is 3.40. The first-order chi connectivity index (χ1) is 12.1. The van der Waals surface area contributed by atoms with Gasteiger partial charge in [0.25, 0.3) is 11.8 Å². The first-order valence-corrected chi connectivity index (χ1v) is 8.37. The molecule has 0 aromatic heterocycles. The Labute approximate surface area is 153 Å². The number of carbonyl (C=O) groups excluding carboxylic acids is 3. The summed E-state index contributed by atoms with van der Waals surface area (Å²) in [6.45, 7) is 8.68. The number of hydrogen-bond donors (Lipinski definition) is 3. The molecule has 0 saturated heterocycles. The number of carbonyl (C=O) groups is 3. The van der Waals surface area contributed by atoms with Gasteiger partial charge in [0.1, 0.15) is 6.04 Å². The zero-order valence-electron chi connectivity index (χ0n) is 16.0. The Morgan fingerprint density at radius 2 is 1.65 bits per heavy atom. The minimum Gasteiger partial charge on any atom is -0.493 e. The summed E-state index contributed by atoms with van der Waals surface area (Å²) in [5.41, 5.74) is 4.95. The van der Waals surface area contributed by atoms with Crippen LogP contribution in [0, 0.1) is 5.92 Å². The lowest BCUT2D eigenvalue weighted by Gasteiger charge is -2.21. The van der Waals surface area contributed by atoms with Gasteiger partial charge in [-0.25, -0.2) is 0 Å². The van der Waals surface area contributed by atoms with Crippen LogP contribution < -0.4 is 25.6 Å². The highest BCUT2D eigenvalue weighted by Gasteiger charge is 2.23. The third kappa shape index (κ3) is 6.27. The van der Waals surface area contributed by atoms with Gasteiger partial charge >= 0.3 is 0 Å². The van der Waals surface area contributed by atoms with E-state index >= 15 is 0 Å². The second-order valence-electron chi connectivity index (χ2n) is 6.40. The maximum Gasteiger partial charge on any atom is 0.269 e. The Morgan fingerprint density at radius 1 is 1.00 bits per heavy atom. The van der Waals surface area contributed by atoms with Crippen LogP contribution in [0.4, 0.5) is 0 Å². The van der Waals surface area contributed by atoms with Gasteiger partial charge in [-0.05, 0) is 38.0 Å². The topological polar surface area (TPSA) is 106 Å². The summed E-state index contributed by atoms with van der Waals surface area (Å²) in [6.07, 6.45) is -0.0374. The fraction of sp³-hybridized carbons (Fsp3) is 0.500. The fourth-order valence-electron chi connectivity index (χ4n) is 2.18. The van der Waals surface area contributed by atoms with Crippen molar-refractivity contribution in [3.8, 4) is 11.5 Å². The van der Waals surface area contributed by atoms with Crippen molar-refractivity contribution >= 4 is 17.7 Å². The number of benzene rings is 1. The Kier molecular flexibility index (Phi) is 7.89. The normalized spacial score (nSPS) is 11.7. The van der Waals surface area contributed by atoms with Gasteiger partial charge in [-0.3, -0.25) is 25.2 Å². The Morgan fingerprint density at radius 3 is 2.15 bits per heavy atom. The van der Waals surface area contributed by atoms with E-state index in [0.29, 0.717) is 17.1 Å².